The van der Waals surface area contributed by atoms with Gasteiger partial charge in [0.15, 0.2) is 0 Å². The number of benzene rings is 4. The van der Waals surface area contributed by atoms with E-state index in [1.54, 1.807) is 0 Å². The molecule has 1 aliphatic heterocycles. The minimum Gasteiger partial charge on any atom is -0.344 e. The van der Waals surface area contributed by atoms with Crippen LogP contribution in [0.3, 0.4) is 0 Å². The van der Waals surface area contributed by atoms with Crippen LogP contribution in [0.15, 0.2) is 96.7 Å². The van der Waals surface area contributed by atoms with E-state index < -0.39 is 0 Å². The van der Waals surface area contributed by atoms with E-state index in [0.717, 1.165) is 19.5 Å². The Hall–Kier alpha value is -3.36. The van der Waals surface area contributed by atoms with Crippen LogP contribution < -0.4 is 10.2 Å². The molecule has 214 valence electrons. The Bertz CT molecular complexity index is 1570. The van der Waals surface area contributed by atoms with Crippen molar-refractivity contribution < 1.29 is 5.32 Å². The zero-order valence-electron chi connectivity index (χ0n) is 26.1. The van der Waals surface area contributed by atoms with E-state index in [2.05, 4.69) is 143 Å². The maximum atomic E-state index is 2.59. The molecule has 2 N–H and O–H groups in total. The maximum Gasteiger partial charge on any atom is 0.133 e. The molecule has 0 fully saturated rings. The predicted octanol–water partition coefficient (Wildman–Crippen LogP) is 9.69. The summed E-state index contributed by atoms with van der Waals surface area (Å²) in [6, 6.07) is 27.0. The van der Waals surface area contributed by atoms with Gasteiger partial charge < -0.3 is 10.2 Å². The molecule has 41 heavy (non-hydrogen) atoms. The molecule has 0 saturated carbocycles. The van der Waals surface area contributed by atoms with Gasteiger partial charge in [0.05, 0.1) is 6.54 Å². The summed E-state index contributed by atoms with van der Waals surface area (Å²) in [6.45, 7) is 16.4. The van der Waals surface area contributed by atoms with Gasteiger partial charge in [-0.3, -0.25) is 0 Å². The maximum absolute atomic E-state index is 2.59. The van der Waals surface area contributed by atoms with E-state index in [0.29, 0.717) is 0 Å². The second-order valence-corrected chi connectivity index (χ2v) is 13.0. The van der Waals surface area contributed by atoms with Gasteiger partial charge >= 0.3 is 0 Å². The first kappa shape index (κ1) is 29.1. The third-order valence-electron chi connectivity index (χ3n) is 9.07. The number of nitrogens with two attached hydrogens (primary N) is 1. The number of unbranched alkanes of at least 4 members (excludes halogenated alkanes) is 2. The number of rotatable bonds is 11. The summed E-state index contributed by atoms with van der Waals surface area (Å²) in [6.07, 6.45) is 13.0. The van der Waals surface area contributed by atoms with Gasteiger partial charge in [-0.15, -0.1) is 0 Å². The molecule has 0 unspecified atom stereocenters. The Balaban J connectivity index is 1.47. The highest BCUT2D eigenvalue weighted by Gasteiger charge is 2.40. The molecular weight excluding hydrogens is 496 g/mol. The van der Waals surface area contributed by atoms with E-state index in [1.165, 1.54) is 75.4 Å². The SMILES string of the molecule is CCCC[NH2+]c1ccc2ccccc2c1C(C)(C)C/C=C/C=C1/N(CCCC)c2ccc3ccccc3c2C1(C)C. The quantitative estimate of drug-likeness (QED) is 0.147. The third kappa shape index (κ3) is 5.72. The normalized spacial score (nSPS) is 16.0. The van der Waals surface area contributed by atoms with Crippen molar-refractivity contribution in [3.63, 3.8) is 0 Å². The van der Waals surface area contributed by atoms with Crippen molar-refractivity contribution in [2.45, 2.75) is 84.5 Å². The number of hydrogen-bond acceptors (Lipinski definition) is 1. The first-order valence-corrected chi connectivity index (χ1v) is 15.8. The molecule has 4 aromatic carbocycles. The second kappa shape index (κ2) is 12.2. The van der Waals surface area contributed by atoms with Crippen LogP contribution in [0.5, 0.6) is 0 Å². The van der Waals surface area contributed by atoms with Gasteiger partial charge in [-0.05, 0) is 76.1 Å². The monoisotopic (exact) mass is 545 g/mol. The van der Waals surface area contributed by atoms with Gasteiger partial charge in [0, 0.05) is 28.9 Å². The van der Waals surface area contributed by atoms with Crippen molar-refractivity contribution in [3.8, 4) is 0 Å². The highest BCUT2D eigenvalue weighted by atomic mass is 15.2. The number of hydrogen-bond donors (Lipinski definition) is 1. The fraction of sp³-hybridized carbons (Fsp3) is 0.385. The Morgan fingerprint density at radius 2 is 1.46 bits per heavy atom. The Labute approximate surface area is 248 Å². The number of anilines is 1. The zero-order chi connectivity index (χ0) is 29.0. The lowest BCUT2D eigenvalue weighted by Gasteiger charge is -2.28. The smallest absolute Gasteiger partial charge is 0.133 e. The first-order valence-electron chi connectivity index (χ1n) is 15.8. The molecule has 0 bridgehead atoms. The molecule has 0 aromatic heterocycles. The van der Waals surface area contributed by atoms with E-state index in [-0.39, 0.29) is 10.8 Å². The van der Waals surface area contributed by atoms with Crippen molar-refractivity contribution in [2.75, 3.05) is 18.0 Å². The molecule has 2 heteroatoms. The van der Waals surface area contributed by atoms with Crippen molar-refractivity contribution in [2.24, 2.45) is 0 Å². The van der Waals surface area contributed by atoms with Crippen LogP contribution in [0.1, 0.15) is 84.8 Å². The van der Waals surface area contributed by atoms with Crippen LogP contribution in [0, 0.1) is 0 Å². The molecule has 4 aromatic rings. The lowest BCUT2D eigenvalue weighted by atomic mass is 9.77. The molecule has 1 heterocycles. The van der Waals surface area contributed by atoms with Crippen molar-refractivity contribution >= 4 is 32.9 Å². The summed E-state index contributed by atoms with van der Waals surface area (Å²) >= 11 is 0. The van der Waals surface area contributed by atoms with Gasteiger partial charge in [0.2, 0.25) is 0 Å². The topological polar surface area (TPSA) is 19.9 Å². The number of allylic oxidation sites excluding steroid dienone is 4. The van der Waals surface area contributed by atoms with Crippen LogP contribution in [-0.4, -0.2) is 13.1 Å². The predicted molar refractivity (Wildman–Crippen MR) is 179 cm³/mol. The van der Waals surface area contributed by atoms with Crippen molar-refractivity contribution in [1.82, 2.24) is 0 Å². The van der Waals surface area contributed by atoms with Crippen LogP contribution in [0.25, 0.3) is 21.5 Å². The highest BCUT2D eigenvalue weighted by molar-refractivity contribution is 5.95. The molecule has 5 rings (SSSR count). The van der Waals surface area contributed by atoms with Crippen LogP contribution in [0.4, 0.5) is 11.4 Å². The van der Waals surface area contributed by atoms with Crippen molar-refractivity contribution in [3.05, 3.63) is 108 Å². The largest absolute Gasteiger partial charge is 0.344 e. The third-order valence-corrected chi connectivity index (χ3v) is 9.07. The van der Waals surface area contributed by atoms with E-state index >= 15 is 0 Å². The van der Waals surface area contributed by atoms with Crippen LogP contribution >= 0.6 is 0 Å². The van der Waals surface area contributed by atoms with Gasteiger partial charge in [-0.25, -0.2) is 0 Å². The molecule has 0 spiro atoms. The zero-order valence-corrected chi connectivity index (χ0v) is 26.1. The molecule has 2 nitrogen and oxygen atoms in total. The molecule has 0 radical (unpaired) electrons. The molecule has 0 amide bonds. The van der Waals surface area contributed by atoms with Crippen LogP contribution in [0.2, 0.25) is 0 Å². The standard InChI is InChI=1S/C39H48N2/c1-7-9-27-40-33-24-22-29-17-11-13-19-31(29)36(33)38(3,4)26-16-15-21-35-39(5,6)37-32-20-14-12-18-30(32)23-25-34(37)41(35)28-10-8-2/h11-25,40H,7-10,26-28H2,1-6H3/p+1/b16-15+,35-21+. The molecule has 0 atom stereocenters. The van der Waals surface area contributed by atoms with E-state index in [1.807, 2.05) is 0 Å². The fourth-order valence-corrected chi connectivity index (χ4v) is 6.89. The minimum absolute atomic E-state index is 0.0141. The summed E-state index contributed by atoms with van der Waals surface area (Å²) in [5, 5.41) is 7.90. The minimum atomic E-state index is -0.0547. The number of nitrogens with zero attached hydrogens (tertiary/aromatic N) is 1. The van der Waals surface area contributed by atoms with E-state index in [9.17, 15) is 0 Å². The summed E-state index contributed by atoms with van der Waals surface area (Å²) in [5.74, 6) is 0. The van der Waals surface area contributed by atoms with Crippen molar-refractivity contribution in [1.29, 1.82) is 0 Å². The average molecular weight is 546 g/mol. The average Bonchev–Trinajstić information content (AvgIpc) is 3.19. The molecule has 0 aliphatic carbocycles. The first-order chi connectivity index (χ1) is 19.8. The summed E-state index contributed by atoms with van der Waals surface area (Å²) < 4.78 is 0. The van der Waals surface area contributed by atoms with E-state index in [4.69, 9.17) is 0 Å². The summed E-state index contributed by atoms with van der Waals surface area (Å²) in [7, 11) is 0. The number of fused-ring (bicyclic) bond motifs is 4. The highest BCUT2D eigenvalue weighted by Crippen LogP contribution is 2.50. The lowest BCUT2D eigenvalue weighted by Crippen LogP contribution is -2.78. The van der Waals surface area contributed by atoms with Gasteiger partial charge in [-0.1, -0.05) is 121 Å². The Morgan fingerprint density at radius 1 is 0.805 bits per heavy atom. The number of quaternary nitrogens is 1. The molecule has 0 saturated heterocycles. The molecular formula is C39H49N2+. The second-order valence-electron chi connectivity index (χ2n) is 13.0. The van der Waals surface area contributed by atoms with Crippen LogP contribution in [-0.2, 0) is 10.8 Å². The fourth-order valence-electron chi connectivity index (χ4n) is 6.89. The Morgan fingerprint density at radius 3 is 2.20 bits per heavy atom. The summed E-state index contributed by atoms with van der Waals surface area (Å²) in [5.41, 5.74) is 7.10. The van der Waals surface area contributed by atoms with Gasteiger partial charge in [0.25, 0.3) is 0 Å². The Kier molecular flexibility index (Phi) is 8.71. The lowest BCUT2D eigenvalue weighted by molar-refractivity contribution is -0.572. The van der Waals surface area contributed by atoms with Gasteiger partial charge in [0.1, 0.15) is 5.69 Å². The van der Waals surface area contributed by atoms with Gasteiger partial charge in [-0.2, -0.15) is 0 Å². The summed E-state index contributed by atoms with van der Waals surface area (Å²) in [4.78, 5) is 2.59. The molecule has 1 aliphatic rings.